The molecule has 0 fully saturated rings. The molecule has 0 aliphatic rings. The van der Waals surface area contributed by atoms with Gasteiger partial charge in [0.05, 0.1) is 6.61 Å². The summed E-state index contributed by atoms with van der Waals surface area (Å²) >= 11 is 0. The van der Waals surface area contributed by atoms with Gasteiger partial charge in [-0.3, -0.25) is 0 Å². The summed E-state index contributed by atoms with van der Waals surface area (Å²) < 4.78 is 0. The molecule has 19 heavy (non-hydrogen) atoms. The van der Waals surface area contributed by atoms with E-state index in [1.165, 1.54) is 11.1 Å². The van der Waals surface area contributed by atoms with E-state index >= 15 is 0 Å². The molecule has 0 aliphatic carbocycles. The third-order valence-corrected chi connectivity index (χ3v) is 3.39. The Balaban J connectivity index is 2.54. The van der Waals surface area contributed by atoms with Crippen molar-refractivity contribution in [2.24, 2.45) is 5.92 Å². The minimum Gasteiger partial charge on any atom is -0.395 e. The van der Waals surface area contributed by atoms with E-state index in [4.69, 9.17) is 0 Å². The summed E-state index contributed by atoms with van der Waals surface area (Å²) in [7, 11) is 0. The highest BCUT2D eigenvalue weighted by Crippen LogP contribution is 2.22. The summed E-state index contributed by atoms with van der Waals surface area (Å²) in [5, 5.41) is 12.8. The van der Waals surface area contributed by atoms with Crippen LogP contribution in [0.2, 0.25) is 0 Å². The van der Waals surface area contributed by atoms with E-state index < -0.39 is 0 Å². The number of hydrogen-bond acceptors (Lipinski definition) is 2. The van der Waals surface area contributed by atoms with Crippen molar-refractivity contribution in [3.63, 3.8) is 0 Å². The summed E-state index contributed by atoms with van der Waals surface area (Å²) in [6.07, 6.45) is 1.01. The highest BCUT2D eigenvalue weighted by atomic mass is 16.3. The maximum Gasteiger partial charge on any atom is 0.0584 e. The van der Waals surface area contributed by atoms with Crippen molar-refractivity contribution in [3.05, 3.63) is 35.4 Å². The Morgan fingerprint density at radius 2 is 1.68 bits per heavy atom. The molecule has 0 aromatic heterocycles. The molecule has 0 radical (unpaired) electrons. The summed E-state index contributed by atoms with van der Waals surface area (Å²) in [6, 6.07) is 8.96. The van der Waals surface area contributed by atoms with Crippen molar-refractivity contribution in [1.82, 2.24) is 5.32 Å². The lowest BCUT2D eigenvalue weighted by Crippen LogP contribution is -2.33. The first-order valence-corrected chi connectivity index (χ1v) is 7.26. The molecule has 0 heterocycles. The molecule has 0 saturated carbocycles. The number of aliphatic hydroxyl groups is 1. The molecule has 108 valence electrons. The predicted octanol–water partition coefficient (Wildman–Crippen LogP) is 3.48. The van der Waals surface area contributed by atoms with Gasteiger partial charge in [0.2, 0.25) is 0 Å². The van der Waals surface area contributed by atoms with Crippen molar-refractivity contribution >= 4 is 0 Å². The highest BCUT2D eigenvalue weighted by Gasteiger charge is 2.13. The monoisotopic (exact) mass is 263 g/mol. The van der Waals surface area contributed by atoms with E-state index in [0.29, 0.717) is 5.92 Å². The zero-order valence-corrected chi connectivity index (χ0v) is 13.0. The second-order valence-electron chi connectivity index (χ2n) is 6.84. The minimum absolute atomic E-state index is 0.197. The van der Waals surface area contributed by atoms with Crippen molar-refractivity contribution in [2.45, 2.75) is 59.0 Å². The second-order valence-corrected chi connectivity index (χ2v) is 6.84. The molecule has 1 rings (SSSR count). The van der Waals surface area contributed by atoms with Crippen LogP contribution in [-0.2, 0) is 12.0 Å². The number of hydrogen-bond donors (Lipinski definition) is 2. The maximum absolute atomic E-state index is 9.34. The van der Waals surface area contributed by atoms with Crippen molar-refractivity contribution in [1.29, 1.82) is 0 Å². The predicted molar refractivity (Wildman–Crippen MR) is 82.3 cm³/mol. The van der Waals surface area contributed by atoms with Gasteiger partial charge in [0.25, 0.3) is 0 Å². The molecular formula is C17H29NO. The Kier molecular flexibility index (Phi) is 6.02. The Hall–Kier alpha value is -0.860. The van der Waals surface area contributed by atoms with Crippen LogP contribution in [0.4, 0.5) is 0 Å². The van der Waals surface area contributed by atoms with E-state index in [9.17, 15) is 5.11 Å². The molecule has 2 nitrogen and oxygen atoms in total. The summed E-state index contributed by atoms with van der Waals surface area (Å²) in [4.78, 5) is 0. The van der Waals surface area contributed by atoms with Gasteiger partial charge in [0, 0.05) is 12.6 Å². The molecule has 1 unspecified atom stereocenters. The Morgan fingerprint density at radius 3 is 2.11 bits per heavy atom. The minimum atomic E-state index is 0.197. The Labute approximate surface area is 118 Å². The quantitative estimate of drug-likeness (QED) is 0.823. The average Bonchev–Trinajstić information content (AvgIpc) is 2.33. The average molecular weight is 263 g/mol. The van der Waals surface area contributed by atoms with Gasteiger partial charge < -0.3 is 10.4 Å². The first-order valence-electron chi connectivity index (χ1n) is 7.26. The molecule has 0 bridgehead atoms. The van der Waals surface area contributed by atoms with Gasteiger partial charge in [-0.05, 0) is 28.9 Å². The first kappa shape index (κ1) is 16.2. The van der Waals surface area contributed by atoms with Crippen LogP contribution >= 0.6 is 0 Å². The normalized spacial score (nSPS) is 13.8. The summed E-state index contributed by atoms with van der Waals surface area (Å²) in [6.45, 7) is 12.1. The summed E-state index contributed by atoms with van der Waals surface area (Å²) in [5.74, 6) is 0.605. The van der Waals surface area contributed by atoms with E-state index in [2.05, 4.69) is 64.2 Å². The van der Waals surface area contributed by atoms with Gasteiger partial charge in [-0.25, -0.2) is 0 Å². The van der Waals surface area contributed by atoms with Crippen LogP contribution in [0.25, 0.3) is 0 Å². The molecule has 0 spiro atoms. The molecular weight excluding hydrogens is 234 g/mol. The van der Waals surface area contributed by atoms with Crippen LogP contribution in [-0.4, -0.2) is 17.8 Å². The number of rotatable bonds is 6. The molecule has 0 saturated heterocycles. The zero-order chi connectivity index (χ0) is 14.5. The van der Waals surface area contributed by atoms with Crippen molar-refractivity contribution in [3.8, 4) is 0 Å². The molecule has 2 N–H and O–H groups in total. The SMILES string of the molecule is CC(C)CC(CO)NCc1ccc(C(C)(C)C)cc1. The van der Waals surface area contributed by atoms with Crippen molar-refractivity contribution < 1.29 is 5.11 Å². The molecule has 2 heteroatoms. The number of aliphatic hydroxyl groups excluding tert-OH is 1. The summed E-state index contributed by atoms with van der Waals surface area (Å²) in [5.41, 5.74) is 2.84. The van der Waals surface area contributed by atoms with Crippen LogP contribution in [0.5, 0.6) is 0 Å². The molecule has 0 amide bonds. The third kappa shape index (κ3) is 5.75. The van der Waals surface area contributed by atoms with Crippen LogP contribution in [0.15, 0.2) is 24.3 Å². The fraction of sp³-hybridized carbons (Fsp3) is 0.647. The topological polar surface area (TPSA) is 32.3 Å². The number of benzene rings is 1. The zero-order valence-electron chi connectivity index (χ0n) is 13.0. The molecule has 0 aliphatic heterocycles. The van der Waals surface area contributed by atoms with Crippen LogP contribution in [0.1, 0.15) is 52.2 Å². The van der Waals surface area contributed by atoms with Gasteiger partial charge in [-0.15, -0.1) is 0 Å². The van der Waals surface area contributed by atoms with Crippen LogP contribution < -0.4 is 5.32 Å². The lowest BCUT2D eigenvalue weighted by atomic mass is 9.87. The lowest BCUT2D eigenvalue weighted by molar-refractivity contribution is 0.223. The molecule has 1 aromatic carbocycles. The van der Waals surface area contributed by atoms with Gasteiger partial charge in [0.15, 0.2) is 0 Å². The molecule has 1 aromatic rings. The Bertz CT molecular complexity index is 362. The van der Waals surface area contributed by atoms with Gasteiger partial charge in [-0.2, -0.15) is 0 Å². The fourth-order valence-corrected chi connectivity index (χ4v) is 2.18. The third-order valence-electron chi connectivity index (χ3n) is 3.39. The smallest absolute Gasteiger partial charge is 0.0584 e. The molecule has 1 atom stereocenters. The van der Waals surface area contributed by atoms with E-state index in [1.807, 2.05) is 0 Å². The van der Waals surface area contributed by atoms with Gasteiger partial charge in [-0.1, -0.05) is 58.9 Å². The Morgan fingerprint density at radius 1 is 1.11 bits per heavy atom. The number of nitrogens with one attached hydrogen (secondary N) is 1. The standard InChI is InChI=1S/C17H29NO/c1-13(2)10-16(12-19)18-11-14-6-8-15(9-7-14)17(3,4)5/h6-9,13,16,18-19H,10-12H2,1-5H3. The van der Waals surface area contributed by atoms with Crippen molar-refractivity contribution in [2.75, 3.05) is 6.61 Å². The van der Waals surface area contributed by atoms with E-state index in [-0.39, 0.29) is 18.1 Å². The first-order chi connectivity index (χ1) is 8.82. The van der Waals surface area contributed by atoms with E-state index in [1.54, 1.807) is 0 Å². The van der Waals surface area contributed by atoms with Gasteiger partial charge >= 0.3 is 0 Å². The van der Waals surface area contributed by atoms with E-state index in [0.717, 1.165) is 13.0 Å². The highest BCUT2D eigenvalue weighted by molar-refractivity contribution is 5.27. The van der Waals surface area contributed by atoms with Crippen LogP contribution in [0, 0.1) is 5.92 Å². The lowest BCUT2D eigenvalue weighted by Gasteiger charge is -2.20. The second kappa shape index (κ2) is 7.06. The van der Waals surface area contributed by atoms with Gasteiger partial charge in [0.1, 0.15) is 0 Å². The largest absolute Gasteiger partial charge is 0.395 e. The maximum atomic E-state index is 9.34. The van der Waals surface area contributed by atoms with Crippen LogP contribution in [0.3, 0.4) is 0 Å². The fourth-order valence-electron chi connectivity index (χ4n) is 2.18.